The maximum atomic E-state index is 11.7. The molecule has 5 nitrogen and oxygen atoms in total. The summed E-state index contributed by atoms with van der Waals surface area (Å²) in [4.78, 5) is 34.1. The van der Waals surface area contributed by atoms with Gasteiger partial charge in [0, 0.05) is 18.8 Å². The molecule has 0 radical (unpaired) electrons. The third kappa shape index (κ3) is 3.77. The van der Waals surface area contributed by atoms with Crippen molar-refractivity contribution in [3.63, 3.8) is 0 Å². The summed E-state index contributed by atoms with van der Waals surface area (Å²) in [5.74, 6) is -1.75. The maximum absolute atomic E-state index is 11.7. The normalized spacial score (nSPS) is 23.6. The number of ketones is 2. The van der Waals surface area contributed by atoms with Gasteiger partial charge in [-0.05, 0) is 25.2 Å². The number of Topliss-reactive ketones (excluding diaryl/α,β-unsaturated/α-hetero) is 2. The fourth-order valence-electron chi connectivity index (χ4n) is 2.35. The van der Waals surface area contributed by atoms with Crippen LogP contribution in [0, 0.1) is 11.8 Å². The number of nitrogens with one attached hydrogen (secondary N) is 1. The van der Waals surface area contributed by atoms with E-state index in [1.165, 1.54) is 5.48 Å². The van der Waals surface area contributed by atoms with E-state index >= 15 is 0 Å². The van der Waals surface area contributed by atoms with Crippen LogP contribution in [0.2, 0.25) is 0 Å². The topological polar surface area (TPSA) is 83.5 Å². The van der Waals surface area contributed by atoms with E-state index in [1.54, 1.807) is 0 Å². The second kappa shape index (κ2) is 7.06. The van der Waals surface area contributed by atoms with Crippen LogP contribution in [0.25, 0.3) is 0 Å². The fourth-order valence-corrected chi connectivity index (χ4v) is 2.35. The van der Waals surface area contributed by atoms with Crippen molar-refractivity contribution < 1.29 is 19.6 Å². The lowest BCUT2D eigenvalue weighted by molar-refractivity contribution is -0.143. The lowest BCUT2D eigenvalue weighted by Gasteiger charge is -2.15. The molecule has 0 saturated heterocycles. The molecule has 0 aromatic heterocycles. The largest absolute Gasteiger partial charge is 0.310 e. The molecule has 0 bridgehead atoms. The van der Waals surface area contributed by atoms with Crippen LogP contribution in [0.4, 0.5) is 0 Å². The van der Waals surface area contributed by atoms with E-state index in [0.717, 1.165) is 6.42 Å². The van der Waals surface area contributed by atoms with Gasteiger partial charge in [-0.25, -0.2) is 5.48 Å². The van der Waals surface area contributed by atoms with Crippen molar-refractivity contribution in [3.8, 4) is 0 Å². The minimum Gasteiger partial charge on any atom is -0.299 e. The highest BCUT2D eigenvalue weighted by Gasteiger charge is 2.35. The first kappa shape index (κ1) is 14.6. The molecule has 1 saturated carbocycles. The van der Waals surface area contributed by atoms with Crippen LogP contribution in [0.15, 0.2) is 12.2 Å². The zero-order chi connectivity index (χ0) is 13.5. The van der Waals surface area contributed by atoms with Crippen LogP contribution in [0.5, 0.6) is 0 Å². The van der Waals surface area contributed by atoms with Gasteiger partial charge in [0.1, 0.15) is 5.78 Å². The van der Waals surface area contributed by atoms with Crippen LogP contribution < -0.4 is 5.48 Å². The highest BCUT2D eigenvalue weighted by Crippen LogP contribution is 2.34. The number of rotatable bonds is 6. The van der Waals surface area contributed by atoms with Crippen LogP contribution in [-0.4, -0.2) is 22.7 Å². The molecule has 0 aromatic carbocycles. The van der Waals surface area contributed by atoms with Gasteiger partial charge in [-0.2, -0.15) is 0 Å². The van der Waals surface area contributed by atoms with Gasteiger partial charge in [0.25, 0.3) is 0 Å². The average molecular weight is 253 g/mol. The van der Waals surface area contributed by atoms with Crippen molar-refractivity contribution in [2.24, 2.45) is 11.8 Å². The molecule has 2 atom stereocenters. The van der Waals surface area contributed by atoms with Gasteiger partial charge in [0.15, 0.2) is 0 Å². The number of allylic oxidation sites excluding steroid dienone is 2. The first-order valence-electron chi connectivity index (χ1n) is 6.25. The zero-order valence-corrected chi connectivity index (χ0v) is 10.5. The van der Waals surface area contributed by atoms with E-state index in [2.05, 4.69) is 0 Å². The molecule has 1 aliphatic rings. The van der Waals surface area contributed by atoms with Gasteiger partial charge in [-0.15, -0.1) is 0 Å². The van der Waals surface area contributed by atoms with Crippen molar-refractivity contribution in [2.75, 3.05) is 0 Å². The third-order valence-electron chi connectivity index (χ3n) is 3.34. The monoisotopic (exact) mass is 253 g/mol. The Morgan fingerprint density at radius 2 is 2.17 bits per heavy atom. The number of hydrogen-bond donors (Lipinski definition) is 2. The van der Waals surface area contributed by atoms with Gasteiger partial charge in [0.05, 0.1) is 0 Å². The lowest BCUT2D eigenvalue weighted by Crippen LogP contribution is -2.30. The van der Waals surface area contributed by atoms with Crippen LogP contribution in [-0.2, 0) is 14.4 Å². The van der Waals surface area contributed by atoms with Crippen molar-refractivity contribution >= 4 is 17.5 Å². The molecule has 18 heavy (non-hydrogen) atoms. The molecule has 5 heteroatoms. The third-order valence-corrected chi connectivity index (χ3v) is 3.34. The van der Waals surface area contributed by atoms with Gasteiger partial charge >= 0.3 is 5.91 Å². The summed E-state index contributed by atoms with van der Waals surface area (Å²) in [6.07, 6.45) is 6.64. The first-order valence-corrected chi connectivity index (χ1v) is 6.25. The fraction of sp³-hybridized carbons (Fsp3) is 0.615. The summed E-state index contributed by atoms with van der Waals surface area (Å²) < 4.78 is 0. The molecule has 100 valence electrons. The summed E-state index contributed by atoms with van der Waals surface area (Å²) in [7, 11) is 0. The lowest BCUT2D eigenvalue weighted by atomic mass is 9.88. The summed E-state index contributed by atoms with van der Waals surface area (Å²) in [5.41, 5.74) is 1.33. The van der Waals surface area contributed by atoms with Crippen LogP contribution >= 0.6 is 0 Å². The molecule has 0 aliphatic heterocycles. The second-order valence-corrected chi connectivity index (χ2v) is 4.56. The van der Waals surface area contributed by atoms with Crippen molar-refractivity contribution in [2.45, 2.75) is 39.0 Å². The minimum absolute atomic E-state index is 0.0305. The van der Waals surface area contributed by atoms with Crippen LogP contribution in [0.3, 0.4) is 0 Å². The predicted molar refractivity (Wildman–Crippen MR) is 64.8 cm³/mol. The van der Waals surface area contributed by atoms with E-state index in [0.29, 0.717) is 19.3 Å². The minimum atomic E-state index is -1.00. The molecule has 1 fully saturated rings. The zero-order valence-electron chi connectivity index (χ0n) is 10.5. The first-order chi connectivity index (χ1) is 8.60. The van der Waals surface area contributed by atoms with Crippen LogP contribution in [0.1, 0.15) is 39.0 Å². The van der Waals surface area contributed by atoms with Gasteiger partial charge in [-0.3, -0.25) is 19.6 Å². The summed E-state index contributed by atoms with van der Waals surface area (Å²) in [6, 6.07) is 0. The Balaban J connectivity index is 2.58. The van der Waals surface area contributed by atoms with E-state index in [4.69, 9.17) is 5.21 Å². The maximum Gasteiger partial charge on any atom is 0.310 e. The predicted octanol–water partition coefficient (Wildman–Crippen LogP) is 1.40. The Kier molecular flexibility index (Phi) is 5.71. The van der Waals surface area contributed by atoms with Gasteiger partial charge in [-0.1, -0.05) is 19.1 Å². The number of hydroxylamine groups is 1. The standard InChI is InChI=1S/C13H19NO4/c1-2-3-4-5-10-9(6-7-11(10)15)8-12(16)13(17)14-18/h3-4,9-10,18H,2,5-8H2,1H3,(H,14,17)/b4-3+. The Morgan fingerprint density at radius 3 is 2.78 bits per heavy atom. The van der Waals surface area contributed by atoms with E-state index in [9.17, 15) is 14.4 Å². The number of carbonyl (C=O) groups excluding carboxylic acids is 3. The molecule has 1 amide bonds. The Hall–Kier alpha value is -1.49. The molecule has 0 aromatic rings. The quantitative estimate of drug-likeness (QED) is 0.324. The second-order valence-electron chi connectivity index (χ2n) is 4.56. The molecule has 1 rings (SSSR count). The number of hydrogen-bond acceptors (Lipinski definition) is 4. The molecular weight excluding hydrogens is 234 g/mol. The highest BCUT2D eigenvalue weighted by atomic mass is 16.5. The Morgan fingerprint density at radius 1 is 1.44 bits per heavy atom. The van der Waals surface area contributed by atoms with Gasteiger partial charge < -0.3 is 0 Å². The van der Waals surface area contributed by atoms with Gasteiger partial charge in [0.2, 0.25) is 5.78 Å². The van der Waals surface area contributed by atoms with E-state index < -0.39 is 11.7 Å². The smallest absolute Gasteiger partial charge is 0.299 e. The molecule has 0 spiro atoms. The summed E-state index contributed by atoms with van der Waals surface area (Å²) >= 11 is 0. The molecule has 1 aliphatic carbocycles. The van der Waals surface area contributed by atoms with E-state index in [1.807, 2.05) is 19.1 Å². The Labute approximate surface area is 106 Å². The summed E-state index contributed by atoms with van der Waals surface area (Å²) in [5, 5.41) is 8.37. The average Bonchev–Trinajstić information content (AvgIpc) is 2.70. The summed E-state index contributed by atoms with van der Waals surface area (Å²) in [6.45, 7) is 2.01. The molecule has 0 heterocycles. The molecular formula is C13H19NO4. The SMILES string of the molecule is CC/C=C/CC1C(=O)CCC1CC(=O)C(=O)NO. The molecule has 2 unspecified atom stereocenters. The Bertz CT molecular complexity index is 362. The molecule has 2 N–H and O–H groups in total. The van der Waals surface area contributed by atoms with Crippen molar-refractivity contribution in [1.82, 2.24) is 5.48 Å². The van der Waals surface area contributed by atoms with Crippen molar-refractivity contribution in [1.29, 1.82) is 0 Å². The number of carbonyl (C=O) groups is 3. The highest BCUT2D eigenvalue weighted by molar-refractivity contribution is 6.35. The van der Waals surface area contributed by atoms with E-state index in [-0.39, 0.29) is 24.0 Å². The van der Waals surface area contributed by atoms with Crippen molar-refractivity contribution in [3.05, 3.63) is 12.2 Å². The number of amides is 1.